The summed E-state index contributed by atoms with van der Waals surface area (Å²) in [5.74, 6) is 1.32. The minimum atomic E-state index is -0.950. The summed E-state index contributed by atoms with van der Waals surface area (Å²) in [5.41, 5.74) is 2.13. The average Bonchev–Trinajstić information content (AvgIpc) is 2.54. The highest BCUT2D eigenvalue weighted by molar-refractivity contribution is 5.49. The monoisotopic (exact) mass is 284 g/mol. The quantitative estimate of drug-likeness (QED) is 0.940. The zero-order valence-electron chi connectivity index (χ0n) is 12.4. The molecule has 0 spiro atoms. The summed E-state index contributed by atoms with van der Waals surface area (Å²) in [5, 5.41) is 11.3. The van der Waals surface area contributed by atoms with Gasteiger partial charge in [-0.2, -0.15) is 0 Å². The lowest BCUT2D eigenvalue weighted by atomic mass is 9.75. The molecule has 0 saturated carbocycles. The number of hydrogen-bond donors (Lipinski definition) is 1. The van der Waals surface area contributed by atoms with Gasteiger partial charge in [0, 0.05) is 0 Å². The minimum absolute atomic E-state index is 0.645. The molecule has 0 bridgehead atoms. The Hall–Kier alpha value is -2.00. The third-order valence-corrected chi connectivity index (χ3v) is 4.31. The molecular formula is C18H20O3. The molecule has 2 aromatic rings. The first-order chi connectivity index (χ1) is 10.2. The van der Waals surface area contributed by atoms with Crippen LogP contribution in [0.25, 0.3) is 0 Å². The van der Waals surface area contributed by atoms with Crippen molar-refractivity contribution in [2.24, 2.45) is 0 Å². The number of ether oxygens (including phenoxy) is 2. The van der Waals surface area contributed by atoms with Gasteiger partial charge in [-0.3, -0.25) is 0 Å². The topological polar surface area (TPSA) is 38.7 Å². The molecule has 110 valence electrons. The maximum Gasteiger partial charge on any atom is 0.161 e. The molecule has 0 aliphatic heterocycles. The molecule has 2 aromatic carbocycles. The van der Waals surface area contributed by atoms with Gasteiger partial charge >= 0.3 is 0 Å². The molecule has 1 atom stereocenters. The Bertz CT molecular complexity index is 651. The molecule has 0 fully saturated rings. The Balaban J connectivity index is 2.12. The Kier molecular flexibility index (Phi) is 3.60. The van der Waals surface area contributed by atoms with Crippen LogP contribution in [0.15, 0.2) is 42.5 Å². The number of aliphatic hydroxyl groups is 1. The van der Waals surface area contributed by atoms with Crippen LogP contribution in [0.3, 0.4) is 0 Å². The van der Waals surface area contributed by atoms with Crippen molar-refractivity contribution < 1.29 is 14.6 Å². The van der Waals surface area contributed by atoms with Gasteiger partial charge in [-0.15, -0.1) is 0 Å². The largest absolute Gasteiger partial charge is 0.493 e. The van der Waals surface area contributed by atoms with E-state index >= 15 is 0 Å². The Morgan fingerprint density at radius 1 is 1.00 bits per heavy atom. The summed E-state index contributed by atoms with van der Waals surface area (Å²) in [4.78, 5) is 0. The second-order valence-corrected chi connectivity index (χ2v) is 5.44. The number of benzene rings is 2. The standard InChI is InChI=1S/C18H20O3/c1-20-16-10-9-14(12-17(16)21-2)18(19)11-5-7-13-6-3-4-8-15(13)18/h3-4,6,8-10,12,19H,5,7,11H2,1-2H3. The molecule has 1 aliphatic rings. The fourth-order valence-electron chi connectivity index (χ4n) is 3.20. The summed E-state index contributed by atoms with van der Waals surface area (Å²) in [7, 11) is 3.22. The van der Waals surface area contributed by atoms with E-state index in [9.17, 15) is 5.11 Å². The number of methoxy groups -OCH3 is 2. The zero-order chi connectivity index (χ0) is 14.9. The fraction of sp³-hybridized carbons (Fsp3) is 0.333. The molecule has 21 heavy (non-hydrogen) atoms. The smallest absolute Gasteiger partial charge is 0.161 e. The van der Waals surface area contributed by atoms with Crippen molar-refractivity contribution in [3.8, 4) is 11.5 Å². The molecule has 0 heterocycles. The van der Waals surface area contributed by atoms with E-state index in [4.69, 9.17) is 9.47 Å². The average molecular weight is 284 g/mol. The lowest BCUT2D eigenvalue weighted by Crippen LogP contribution is -2.31. The van der Waals surface area contributed by atoms with Gasteiger partial charge in [0.1, 0.15) is 5.60 Å². The van der Waals surface area contributed by atoms with Crippen molar-refractivity contribution in [3.63, 3.8) is 0 Å². The fourth-order valence-corrected chi connectivity index (χ4v) is 3.20. The first kappa shape index (κ1) is 14.0. The third kappa shape index (κ3) is 2.28. The van der Waals surface area contributed by atoms with Gasteiger partial charge in [0.25, 0.3) is 0 Å². The van der Waals surface area contributed by atoms with Crippen LogP contribution in [0.5, 0.6) is 11.5 Å². The molecule has 1 aliphatic carbocycles. The molecule has 1 unspecified atom stereocenters. The van der Waals surface area contributed by atoms with E-state index in [0.29, 0.717) is 11.5 Å². The predicted molar refractivity (Wildman–Crippen MR) is 81.9 cm³/mol. The Morgan fingerprint density at radius 2 is 1.76 bits per heavy atom. The van der Waals surface area contributed by atoms with Gasteiger partial charge in [-0.1, -0.05) is 30.3 Å². The van der Waals surface area contributed by atoms with Crippen molar-refractivity contribution in [1.82, 2.24) is 0 Å². The first-order valence-corrected chi connectivity index (χ1v) is 7.22. The first-order valence-electron chi connectivity index (χ1n) is 7.22. The van der Waals surface area contributed by atoms with E-state index in [2.05, 4.69) is 6.07 Å². The molecule has 0 aromatic heterocycles. The normalized spacial score (nSPS) is 20.7. The molecule has 3 heteroatoms. The van der Waals surface area contributed by atoms with E-state index in [1.807, 2.05) is 36.4 Å². The second-order valence-electron chi connectivity index (χ2n) is 5.44. The van der Waals surface area contributed by atoms with E-state index < -0.39 is 5.60 Å². The van der Waals surface area contributed by atoms with Crippen molar-refractivity contribution >= 4 is 0 Å². The summed E-state index contributed by atoms with van der Waals surface area (Å²) in [6.45, 7) is 0. The molecule has 3 rings (SSSR count). The lowest BCUT2D eigenvalue weighted by molar-refractivity contribution is 0.0613. The van der Waals surface area contributed by atoms with E-state index in [0.717, 1.165) is 30.4 Å². The van der Waals surface area contributed by atoms with Crippen molar-refractivity contribution in [3.05, 3.63) is 59.2 Å². The van der Waals surface area contributed by atoms with E-state index in [1.54, 1.807) is 14.2 Å². The number of aryl methyl sites for hydroxylation is 1. The lowest BCUT2D eigenvalue weighted by Gasteiger charge is -2.35. The Labute approximate surface area is 125 Å². The summed E-state index contributed by atoms with van der Waals surface area (Å²) < 4.78 is 10.6. The van der Waals surface area contributed by atoms with Crippen molar-refractivity contribution in [2.75, 3.05) is 14.2 Å². The molecule has 1 N–H and O–H groups in total. The van der Waals surface area contributed by atoms with Crippen LogP contribution in [-0.2, 0) is 12.0 Å². The minimum Gasteiger partial charge on any atom is -0.493 e. The number of hydrogen-bond acceptors (Lipinski definition) is 3. The van der Waals surface area contributed by atoms with Gasteiger partial charge in [0.05, 0.1) is 14.2 Å². The Morgan fingerprint density at radius 3 is 2.52 bits per heavy atom. The highest BCUT2D eigenvalue weighted by atomic mass is 16.5. The predicted octanol–water partition coefficient (Wildman–Crippen LogP) is 3.28. The highest BCUT2D eigenvalue weighted by Crippen LogP contribution is 2.42. The van der Waals surface area contributed by atoms with Gasteiger partial charge in [0.2, 0.25) is 0 Å². The summed E-state index contributed by atoms with van der Waals surface area (Å²) in [6, 6.07) is 13.8. The van der Waals surface area contributed by atoms with Gasteiger partial charge in [-0.25, -0.2) is 0 Å². The maximum atomic E-state index is 11.3. The van der Waals surface area contributed by atoms with Gasteiger partial charge in [0.15, 0.2) is 11.5 Å². The van der Waals surface area contributed by atoms with Crippen LogP contribution in [0.1, 0.15) is 29.5 Å². The van der Waals surface area contributed by atoms with E-state index in [1.165, 1.54) is 5.56 Å². The van der Waals surface area contributed by atoms with Gasteiger partial charge < -0.3 is 14.6 Å². The molecule has 0 saturated heterocycles. The number of rotatable bonds is 3. The van der Waals surface area contributed by atoms with Gasteiger partial charge in [-0.05, 0) is 48.1 Å². The number of fused-ring (bicyclic) bond motifs is 1. The van der Waals surface area contributed by atoms with Crippen LogP contribution in [-0.4, -0.2) is 19.3 Å². The maximum absolute atomic E-state index is 11.3. The second kappa shape index (κ2) is 5.41. The van der Waals surface area contributed by atoms with Crippen LogP contribution >= 0.6 is 0 Å². The summed E-state index contributed by atoms with van der Waals surface area (Å²) in [6.07, 6.45) is 2.72. The molecule has 3 nitrogen and oxygen atoms in total. The van der Waals surface area contributed by atoms with Crippen LogP contribution in [0, 0.1) is 0 Å². The van der Waals surface area contributed by atoms with Crippen LogP contribution < -0.4 is 9.47 Å². The molecule has 0 radical (unpaired) electrons. The highest BCUT2D eigenvalue weighted by Gasteiger charge is 2.36. The zero-order valence-corrected chi connectivity index (χ0v) is 12.4. The van der Waals surface area contributed by atoms with Crippen LogP contribution in [0.4, 0.5) is 0 Å². The van der Waals surface area contributed by atoms with Crippen LogP contribution in [0.2, 0.25) is 0 Å². The van der Waals surface area contributed by atoms with Crippen molar-refractivity contribution in [1.29, 1.82) is 0 Å². The molecule has 0 amide bonds. The summed E-state index contributed by atoms with van der Waals surface area (Å²) >= 11 is 0. The SMILES string of the molecule is COc1ccc(C2(O)CCCc3ccccc32)cc1OC. The van der Waals surface area contributed by atoms with Crippen molar-refractivity contribution in [2.45, 2.75) is 24.9 Å². The third-order valence-electron chi connectivity index (χ3n) is 4.31. The van der Waals surface area contributed by atoms with E-state index in [-0.39, 0.29) is 0 Å². The molecular weight excluding hydrogens is 264 g/mol.